The maximum absolute atomic E-state index is 12.6. The average molecular weight is 347 g/mol. The Morgan fingerprint density at radius 3 is 2.23 bits per heavy atom. The number of carbonyl (C=O) groups excluding carboxylic acids is 1. The highest BCUT2D eigenvalue weighted by Crippen LogP contribution is 2.19. The van der Waals surface area contributed by atoms with Crippen LogP contribution >= 0.6 is 0 Å². The summed E-state index contributed by atoms with van der Waals surface area (Å²) in [7, 11) is 0. The molecule has 0 radical (unpaired) electrons. The smallest absolute Gasteiger partial charge is 0.408 e. The molecule has 2 heterocycles. The number of hydrogen-bond acceptors (Lipinski definition) is 6. The van der Waals surface area contributed by atoms with E-state index < -0.39 is 17.3 Å². The third-order valence-electron chi connectivity index (χ3n) is 3.80. The molecule has 26 heavy (non-hydrogen) atoms. The number of nitrogens with one attached hydrogen (secondary N) is 2. The van der Waals surface area contributed by atoms with Crippen LogP contribution in [0.1, 0.15) is 15.9 Å². The van der Waals surface area contributed by atoms with Gasteiger partial charge in [-0.25, -0.2) is 9.59 Å². The zero-order chi connectivity index (χ0) is 18.3. The Hall–Kier alpha value is -4.12. The summed E-state index contributed by atoms with van der Waals surface area (Å²) in [5, 5.41) is 9.36. The number of oxazole rings is 2. The van der Waals surface area contributed by atoms with E-state index in [2.05, 4.69) is 9.97 Å². The molecule has 0 saturated heterocycles. The third kappa shape index (κ3) is 2.63. The van der Waals surface area contributed by atoms with Crippen LogP contribution in [0.4, 0.5) is 0 Å². The molecule has 0 amide bonds. The van der Waals surface area contributed by atoms with Gasteiger partial charge in [0.15, 0.2) is 11.2 Å². The predicted molar refractivity (Wildman–Crippen MR) is 91.6 cm³/mol. The van der Waals surface area contributed by atoms with Gasteiger partial charge in [0.05, 0.1) is 11.0 Å². The fraction of sp³-hybridized carbons (Fsp3) is 0. The number of rotatable bonds is 3. The monoisotopic (exact) mass is 347 g/mol. The Balaban J connectivity index is 1.75. The molecule has 8 heteroatoms. The first-order valence-electron chi connectivity index (χ1n) is 7.46. The van der Waals surface area contributed by atoms with Gasteiger partial charge >= 0.3 is 11.5 Å². The molecule has 0 aliphatic rings. The van der Waals surface area contributed by atoms with Gasteiger partial charge < -0.3 is 8.83 Å². The summed E-state index contributed by atoms with van der Waals surface area (Å²) in [6, 6.07) is 11.1. The van der Waals surface area contributed by atoms with Gasteiger partial charge in [0, 0.05) is 5.56 Å². The van der Waals surface area contributed by atoms with Crippen LogP contribution in [0.5, 0.6) is 0 Å². The van der Waals surface area contributed by atoms with Crippen LogP contribution in [-0.4, -0.2) is 15.8 Å². The van der Waals surface area contributed by atoms with E-state index in [1.54, 1.807) is 18.2 Å². The molecule has 4 rings (SSSR count). The van der Waals surface area contributed by atoms with Crippen LogP contribution in [0.25, 0.3) is 28.3 Å². The van der Waals surface area contributed by atoms with Gasteiger partial charge in [0.1, 0.15) is 11.6 Å². The summed E-state index contributed by atoms with van der Waals surface area (Å²) in [6.07, 6.45) is 1.41. The third-order valence-corrected chi connectivity index (χ3v) is 3.80. The fourth-order valence-electron chi connectivity index (χ4n) is 2.62. The van der Waals surface area contributed by atoms with E-state index in [4.69, 9.17) is 8.83 Å². The quantitative estimate of drug-likeness (QED) is 0.332. The highest BCUT2D eigenvalue weighted by Gasteiger charge is 2.14. The Morgan fingerprint density at radius 2 is 1.58 bits per heavy atom. The van der Waals surface area contributed by atoms with Gasteiger partial charge in [-0.15, -0.1) is 0 Å². The Morgan fingerprint density at radius 1 is 0.962 bits per heavy atom. The highest BCUT2D eigenvalue weighted by molar-refractivity contribution is 6.15. The summed E-state index contributed by atoms with van der Waals surface area (Å²) in [5.41, 5.74) is 2.23. The molecule has 2 N–H and O–H groups in total. The molecule has 0 saturated carbocycles. The van der Waals surface area contributed by atoms with Gasteiger partial charge in [-0.3, -0.25) is 14.8 Å². The van der Waals surface area contributed by atoms with Crippen molar-refractivity contribution in [3.63, 3.8) is 0 Å². The summed E-state index contributed by atoms with van der Waals surface area (Å²) in [6.45, 7) is 0. The van der Waals surface area contributed by atoms with E-state index in [0.717, 1.165) is 0 Å². The van der Waals surface area contributed by atoms with Crippen molar-refractivity contribution >= 4 is 34.1 Å². The van der Waals surface area contributed by atoms with Crippen molar-refractivity contribution in [2.75, 3.05) is 0 Å². The molecular weight excluding hydrogens is 338 g/mol. The number of aromatic amines is 2. The van der Waals surface area contributed by atoms with E-state index >= 15 is 0 Å². The fourth-order valence-corrected chi connectivity index (χ4v) is 2.62. The van der Waals surface area contributed by atoms with Crippen LogP contribution in [-0.2, 0) is 0 Å². The minimum Gasteiger partial charge on any atom is -0.408 e. The number of nitriles is 1. The zero-order valence-electron chi connectivity index (χ0n) is 13.0. The summed E-state index contributed by atoms with van der Waals surface area (Å²) >= 11 is 0. The number of allylic oxidation sites excluding steroid dienone is 1. The number of nitrogens with zero attached hydrogens (tertiary/aromatic N) is 1. The summed E-state index contributed by atoms with van der Waals surface area (Å²) < 4.78 is 9.80. The minimum atomic E-state index is -0.622. The van der Waals surface area contributed by atoms with Crippen LogP contribution in [0.15, 0.2) is 60.4 Å². The van der Waals surface area contributed by atoms with Crippen molar-refractivity contribution < 1.29 is 13.6 Å². The molecule has 0 unspecified atom stereocenters. The molecule has 126 valence electrons. The van der Waals surface area contributed by atoms with Crippen molar-refractivity contribution in [2.45, 2.75) is 0 Å². The molecule has 2 aromatic heterocycles. The average Bonchev–Trinajstić information content (AvgIpc) is 3.18. The standard InChI is InChI=1S/C18H9N3O5/c19-8-11(5-9-1-3-14-12(6-9)20-17(23)25-14)16(22)10-2-4-15-13(7-10)21-18(24)26-15/h1-7H,(H,20,23)(H,21,24)/b11-5+. The first-order chi connectivity index (χ1) is 12.5. The SMILES string of the molecule is N#C/C(=C\c1ccc2oc(=O)[nH]c2c1)C(=O)c1ccc2oc(=O)[nH]c2c1. The number of hydrogen-bond donors (Lipinski definition) is 2. The van der Waals surface area contributed by atoms with E-state index in [0.29, 0.717) is 27.8 Å². The Labute approximate surface area is 144 Å². The minimum absolute atomic E-state index is 0.0969. The number of Topliss-reactive ketones (excluding diaryl/α,β-unsaturated/α-hetero) is 1. The van der Waals surface area contributed by atoms with Crippen molar-refractivity contribution in [3.05, 3.63) is 74.2 Å². The van der Waals surface area contributed by atoms with E-state index in [1.807, 2.05) is 6.07 Å². The van der Waals surface area contributed by atoms with E-state index in [1.165, 1.54) is 24.3 Å². The van der Waals surface area contributed by atoms with Crippen molar-refractivity contribution in [2.24, 2.45) is 0 Å². The van der Waals surface area contributed by atoms with E-state index in [9.17, 15) is 19.6 Å². The van der Waals surface area contributed by atoms with Gasteiger partial charge in [-0.1, -0.05) is 6.07 Å². The molecular formula is C18H9N3O5. The molecule has 0 bridgehead atoms. The molecule has 0 aliphatic carbocycles. The van der Waals surface area contributed by atoms with E-state index in [-0.39, 0.29) is 11.1 Å². The summed E-state index contributed by atoms with van der Waals surface area (Å²) in [4.78, 5) is 40.0. The maximum atomic E-state index is 12.6. The molecule has 0 fully saturated rings. The number of aromatic nitrogens is 2. The Kier molecular flexibility index (Phi) is 3.41. The first-order valence-corrected chi connectivity index (χ1v) is 7.46. The second-order valence-electron chi connectivity index (χ2n) is 5.49. The highest BCUT2D eigenvalue weighted by atomic mass is 16.4. The number of H-pyrrole nitrogens is 2. The van der Waals surface area contributed by atoms with Crippen LogP contribution in [0.2, 0.25) is 0 Å². The second kappa shape index (κ2) is 5.75. The maximum Gasteiger partial charge on any atom is 0.417 e. The molecule has 2 aromatic carbocycles. The number of ketones is 1. The normalized spacial score (nSPS) is 11.7. The molecule has 0 aliphatic heterocycles. The van der Waals surface area contributed by atoms with Crippen LogP contribution in [0.3, 0.4) is 0 Å². The Bertz CT molecular complexity index is 1360. The van der Waals surface area contributed by atoms with Crippen LogP contribution in [0, 0.1) is 11.3 Å². The van der Waals surface area contributed by atoms with Crippen LogP contribution < -0.4 is 11.5 Å². The summed E-state index contributed by atoms with van der Waals surface area (Å²) in [5.74, 6) is -1.71. The molecule has 4 aromatic rings. The predicted octanol–water partition coefficient (Wildman–Crippen LogP) is 2.35. The second-order valence-corrected chi connectivity index (χ2v) is 5.49. The number of benzene rings is 2. The molecule has 8 nitrogen and oxygen atoms in total. The zero-order valence-corrected chi connectivity index (χ0v) is 13.0. The lowest BCUT2D eigenvalue weighted by Crippen LogP contribution is -2.02. The van der Waals surface area contributed by atoms with Gasteiger partial charge in [-0.2, -0.15) is 5.26 Å². The lowest BCUT2D eigenvalue weighted by molar-refractivity contribution is 0.104. The largest absolute Gasteiger partial charge is 0.417 e. The molecule has 0 spiro atoms. The first kappa shape index (κ1) is 15.4. The van der Waals surface area contributed by atoms with Crippen molar-refractivity contribution in [1.29, 1.82) is 5.26 Å². The van der Waals surface area contributed by atoms with Crippen molar-refractivity contribution in [3.8, 4) is 6.07 Å². The number of fused-ring (bicyclic) bond motifs is 2. The van der Waals surface area contributed by atoms with Gasteiger partial charge in [0.25, 0.3) is 0 Å². The lowest BCUT2D eigenvalue weighted by Gasteiger charge is -2.00. The lowest BCUT2D eigenvalue weighted by atomic mass is 10.0. The van der Waals surface area contributed by atoms with Gasteiger partial charge in [0.2, 0.25) is 5.78 Å². The van der Waals surface area contributed by atoms with Crippen molar-refractivity contribution in [1.82, 2.24) is 9.97 Å². The topological polar surface area (TPSA) is 133 Å². The molecule has 0 atom stereocenters. The number of carbonyl (C=O) groups is 1. The van der Waals surface area contributed by atoms with Gasteiger partial charge in [-0.05, 0) is 42.0 Å².